The number of carbonyl (C=O) groups is 1. The number of aromatic nitrogens is 2. The van der Waals surface area contributed by atoms with Crippen LogP contribution in [0.5, 0.6) is 0 Å². The summed E-state index contributed by atoms with van der Waals surface area (Å²) in [6.45, 7) is 3.17. The van der Waals surface area contributed by atoms with Crippen LogP contribution >= 0.6 is 11.6 Å². The van der Waals surface area contributed by atoms with Gasteiger partial charge in [0.15, 0.2) is 5.82 Å². The second kappa shape index (κ2) is 7.70. The summed E-state index contributed by atoms with van der Waals surface area (Å²) in [5, 5.41) is 7.08. The molecule has 1 saturated carbocycles. The van der Waals surface area contributed by atoms with Gasteiger partial charge < -0.3 is 10.6 Å². The highest BCUT2D eigenvalue weighted by atomic mass is 35.5. The first kappa shape index (κ1) is 17.4. The van der Waals surface area contributed by atoms with Gasteiger partial charge in [-0.15, -0.1) is 0 Å². The third-order valence-corrected chi connectivity index (χ3v) is 4.97. The van der Waals surface area contributed by atoms with Crippen molar-refractivity contribution in [3.05, 3.63) is 47.2 Å². The van der Waals surface area contributed by atoms with Gasteiger partial charge in [0.2, 0.25) is 5.91 Å². The molecule has 0 bridgehead atoms. The Morgan fingerprint density at radius 1 is 1.23 bits per heavy atom. The van der Waals surface area contributed by atoms with Crippen molar-refractivity contribution in [2.45, 2.75) is 31.5 Å². The molecule has 2 heterocycles. The average molecular weight is 372 g/mol. The van der Waals surface area contributed by atoms with Gasteiger partial charge >= 0.3 is 0 Å². The summed E-state index contributed by atoms with van der Waals surface area (Å²) in [5.41, 5.74) is 1.99. The fraction of sp³-hybridized carbons (Fsp3) is 0.421. The molecule has 2 N–H and O–H groups in total. The van der Waals surface area contributed by atoms with E-state index >= 15 is 0 Å². The van der Waals surface area contributed by atoms with E-state index < -0.39 is 0 Å². The molecule has 1 aliphatic heterocycles. The highest BCUT2D eigenvalue weighted by molar-refractivity contribution is 6.30. The number of halogens is 1. The quantitative estimate of drug-likeness (QED) is 0.839. The monoisotopic (exact) mass is 371 g/mol. The van der Waals surface area contributed by atoms with Crippen molar-refractivity contribution in [3.63, 3.8) is 0 Å². The summed E-state index contributed by atoms with van der Waals surface area (Å²) < 4.78 is 0. The van der Waals surface area contributed by atoms with Crippen molar-refractivity contribution < 1.29 is 4.79 Å². The maximum absolute atomic E-state index is 12.2. The molecule has 6 nitrogen and oxygen atoms in total. The van der Waals surface area contributed by atoms with Gasteiger partial charge in [-0.2, -0.15) is 0 Å². The lowest BCUT2D eigenvalue weighted by Gasteiger charge is -2.32. The first-order valence-electron chi connectivity index (χ1n) is 9.00. The van der Waals surface area contributed by atoms with E-state index in [1.165, 1.54) is 0 Å². The highest BCUT2D eigenvalue weighted by Crippen LogP contribution is 2.19. The van der Waals surface area contributed by atoms with Crippen molar-refractivity contribution in [3.8, 4) is 11.4 Å². The van der Waals surface area contributed by atoms with Crippen molar-refractivity contribution in [2.75, 3.05) is 19.6 Å². The highest BCUT2D eigenvalue weighted by Gasteiger charge is 2.30. The fourth-order valence-electron chi connectivity index (χ4n) is 3.10. The predicted octanol–water partition coefficient (Wildman–Crippen LogP) is 1.85. The summed E-state index contributed by atoms with van der Waals surface area (Å²) in [5.74, 6) is 0.805. The second-order valence-electron chi connectivity index (χ2n) is 6.95. The first-order chi connectivity index (χ1) is 12.7. The molecule has 2 fully saturated rings. The Kier molecular flexibility index (Phi) is 5.15. The minimum Gasteiger partial charge on any atom is -0.352 e. The number of nitrogens with zero attached hydrogens (tertiary/aromatic N) is 3. The van der Waals surface area contributed by atoms with E-state index in [1.807, 2.05) is 36.7 Å². The number of hydrogen-bond donors (Lipinski definition) is 2. The molecule has 2 aromatic rings. The number of nitrogens with one attached hydrogen (secondary N) is 2. The maximum Gasteiger partial charge on any atom is 0.238 e. The minimum atomic E-state index is -0.140. The van der Waals surface area contributed by atoms with Crippen molar-refractivity contribution in [2.24, 2.45) is 0 Å². The van der Waals surface area contributed by atoms with Crippen LogP contribution in [0.3, 0.4) is 0 Å². The van der Waals surface area contributed by atoms with Crippen molar-refractivity contribution >= 4 is 17.5 Å². The van der Waals surface area contributed by atoms with Gasteiger partial charge in [-0.25, -0.2) is 9.97 Å². The zero-order valence-corrected chi connectivity index (χ0v) is 15.2. The number of piperazine rings is 1. The van der Waals surface area contributed by atoms with Gasteiger partial charge in [0.1, 0.15) is 0 Å². The van der Waals surface area contributed by atoms with Gasteiger partial charge in [-0.05, 0) is 37.1 Å². The van der Waals surface area contributed by atoms with E-state index in [0.29, 0.717) is 23.4 Å². The molecule has 1 unspecified atom stereocenters. The molecule has 1 aromatic heterocycles. The van der Waals surface area contributed by atoms with Crippen LogP contribution in [0, 0.1) is 0 Å². The van der Waals surface area contributed by atoms with E-state index in [-0.39, 0.29) is 11.9 Å². The zero-order chi connectivity index (χ0) is 17.9. The van der Waals surface area contributed by atoms with Gasteiger partial charge in [0.25, 0.3) is 0 Å². The molecule has 1 atom stereocenters. The van der Waals surface area contributed by atoms with E-state index in [1.54, 1.807) is 0 Å². The molecule has 26 heavy (non-hydrogen) atoms. The average Bonchev–Trinajstić information content (AvgIpc) is 3.47. The smallest absolute Gasteiger partial charge is 0.238 e. The van der Waals surface area contributed by atoms with Crippen LogP contribution in [0.15, 0.2) is 36.7 Å². The second-order valence-corrected chi connectivity index (χ2v) is 7.38. The maximum atomic E-state index is 12.2. The summed E-state index contributed by atoms with van der Waals surface area (Å²) in [6.07, 6.45) is 5.94. The Hall–Kier alpha value is -2.02. The van der Waals surface area contributed by atoms with Crippen LogP contribution in [-0.2, 0) is 11.3 Å². The standard InChI is InChI=1S/C19H22ClN5O/c20-15-3-1-14(2-4-15)18-22-9-13(10-23-18)11-25-8-7-21-17(12-25)19(26)24-16-5-6-16/h1-4,9-10,16-17,21H,5-8,11-12H2,(H,24,26). The van der Waals surface area contributed by atoms with E-state index in [0.717, 1.165) is 43.6 Å². The Labute approximate surface area is 158 Å². The van der Waals surface area contributed by atoms with E-state index in [2.05, 4.69) is 25.5 Å². The molecule has 0 spiro atoms. The van der Waals surface area contributed by atoms with Gasteiger partial charge in [-0.3, -0.25) is 9.69 Å². The van der Waals surface area contributed by atoms with Crippen LogP contribution in [0.2, 0.25) is 5.02 Å². The normalized spacial score (nSPS) is 20.7. The van der Waals surface area contributed by atoms with Crippen LogP contribution in [0.1, 0.15) is 18.4 Å². The lowest BCUT2D eigenvalue weighted by molar-refractivity contribution is -0.124. The van der Waals surface area contributed by atoms with Crippen molar-refractivity contribution in [1.82, 2.24) is 25.5 Å². The number of amides is 1. The zero-order valence-electron chi connectivity index (χ0n) is 14.5. The van der Waals surface area contributed by atoms with Gasteiger partial charge in [-0.1, -0.05) is 11.6 Å². The van der Waals surface area contributed by atoms with E-state index in [4.69, 9.17) is 11.6 Å². The Balaban J connectivity index is 1.35. The molecule has 7 heteroatoms. The fourth-order valence-corrected chi connectivity index (χ4v) is 3.23. The summed E-state index contributed by atoms with van der Waals surface area (Å²) in [4.78, 5) is 23.4. The molecule has 1 amide bonds. The number of hydrogen-bond acceptors (Lipinski definition) is 5. The molecule has 136 valence electrons. The molecule has 0 radical (unpaired) electrons. The Morgan fingerprint density at radius 2 is 1.96 bits per heavy atom. The summed E-state index contributed by atoms with van der Waals surface area (Å²) >= 11 is 5.92. The van der Waals surface area contributed by atoms with Crippen LogP contribution in [0.4, 0.5) is 0 Å². The van der Waals surface area contributed by atoms with Gasteiger partial charge in [0, 0.05) is 60.8 Å². The Morgan fingerprint density at radius 3 is 2.65 bits per heavy atom. The number of carbonyl (C=O) groups excluding carboxylic acids is 1. The van der Waals surface area contributed by atoms with Crippen molar-refractivity contribution in [1.29, 1.82) is 0 Å². The van der Waals surface area contributed by atoms with Crippen LogP contribution < -0.4 is 10.6 Å². The molecule has 1 aromatic carbocycles. The molecule has 4 rings (SSSR count). The lowest BCUT2D eigenvalue weighted by atomic mass is 10.1. The van der Waals surface area contributed by atoms with E-state index in [9.17, 15) is 4.79 Å². The number of benzene rings is 1. The molecule has 1 aliphatic carbocycles. The third-order valence-electron chi connectivity index (χ3n) is 4.71. The first-order valence-corrected chi connectivity index (χ1v) is 9.38. The predicted molar refractivity (Wildman–Crippen MR) is 101 cm³/mol. The van der Waals surface area contributed by atoms with Crippen LogP contribution in [0.25, 0.3) is 11.4 Å². The molecule has 1 saturated heterocycles. The molecular formula is C19H22ClN5O. The largest absolute Gasteiger partial charge is 0.352 e. The third kappa shape index (κ3) is 4.38. The summed E-state index contributed by atoms with van der Waals surface area (Å²) in [6, 6.07) is 7.75. The summed E-state index contributed by atoms with van der Waals surface area (Å²) in [7, 11) is 0. The minimum absolute atomic E-state index is 0.117. The topological polar surface area (TPSA) is 70.2 Å². The van der Waals surface area contributed by atoms with Gasteiger partial charge in [0.05, 0.1) is 6.04 Å². The number of rotatable bonds is 5. The molecular weight excluding hydrogens is 350 g/mol. The van der Waals surface area contributed by atoms with Crippen LogP contribution in [-0.4, -0.2) is 52.5 Å². The molecule has 2 aliphatic rings. The Bertz CT molecular complexity index is 761. The SMILES string of the molecule is O=C(NC1CC1)C1CN(Cc2cnc(-c3ccc(Cl)cc3)nc2)CCN1. The lowest BCUT2D eigenvalue weighted by Crippen LogP contribution is -2.57.